The van der Waals surface area contributed by atoms with Gasteiger partial charge in [0.15, 0.2) is 0 Å². The lowest BCUT2D eigenvalue weighted by molar-refractivity contribution is 0.285. The SMILES string of the molecule is CC(C)(C)c1ccc(-c2ncc(CO)s2)s1. The first-order valence-corrected chi connectivity index (χ1v) is 6.80. The van der Waals surface area contributed by atoms with Crippen LogP contribution in [0.5, 0.6) is 0 Å². The average molecular weight is 253 g/mol. The van der Waals surface area contributed by atoms with E-state index >= 15 is 0 Å². The molecule has 2 nitrogen and oxygen atoms in total. The molecule has 0 aliphatic rings. The van der Waals surface area contributed by atoms with Gasteiger partial charge in [-0.25, -0.2) is 4.98 Å². The van der Waals surface area contributed by atoms with Crippen LogP contribution in [0.2, 0.25) is 0 Å². The molecule has 0 radical (unpaired) electrons. The highest BCUT2D eigenvalue weighted by atomic mass is 32.1. The van der Waals surface area contributed by atoms with Crippen molar-refractivity contribution < 1.29 is 5.11 Å². The monoisotopic (exact) mass is 253 g/mol. The zero-order valence-corrected chi connectivity index (χ0v) is 11.3. The largest absolute Gasteiger partial charge is 0.391 e. The van der Waals surface area contributed by atoms with Crippen LogP contribution in [0.4, 0.5) is 0 Å². The van der Waals surface area contributed by atoms with E-state index in [0.29, 0.717) is 0 Å². The molecule has 0 spiro atoms. The summed E-state index contributed by atoms with van der Waals surface area (Å²) < 4.78 is 0. The summed E-state index contributed by atoms with van der Waals surface area (Å²) >= 11 is 3.34. The number of thiazole rings is 1. The summed E-state index contributed by atoms with van der Waals surface area (Å²) in [7, 11) is 0. The van der Waals surface area contributed by atoms with Crippen molar-refractivity contribution in [1.29, 1.82) is 0 Å². The van der Waals surface area contributed by atoms with Crippen LogP contribution in [0.15, 0.2) is 18.3 Å². The third-order valence-electron chi connectivity index (χ3n) is 2.27. The molecule has 0 fully saturated rings. The molecule has 16 heavy (non-hydrogen) atoms. The van der Waals surface area contributed by atoms with Crippen molar-refractivity contribution in [1.82, 2.24) is 4.98 Å². The van der Waals surface area contributed by atoms with Crippen LogP contribution >= 0.6 is 22.7 Å². The van der Waals surface area contributed by atoms with Crippen LogP contribution in [-0.4, -0.2) is 10.1 Å². The van der Waals surface area contributed by atoms with Crippen LogP contribution in [-0.2, 0) is 12.0 Å². The number of nitrogens with zero attached hydrogens (tertiary/aromatic N) is 1. The second kappa shape index (κ2) is 4.28. The first-order valence-electron chi connectivity index (χ1n) is 5.17. The molecule has 4 heteroatoms. The van der Waals surface area contributed by atoms with Crippen molar-refractivity contribution >= 4 is 22.7 Å². The van der Waals surface area contributed by atoms with Gasteiger partial charge in [0, 0.05) is 11.1 Å². The van der Waals surface area contributed by atoms with Gasteiger partial charge < -0.3 is 5.11 Å². The van der Waals surface area contributed by atoms with Gasteiger partial charge in [-0.2, -0.15) is 0 Å². The Balaban J connectivity index is 2.31. The number of rotatable bonds is 2. The van der Waals surface area contributed by atoms with Gasteiger partial charge in [0.1, 0.15) is 5.01 Å². The summed E-state index contributed by atoms with van der Waals surface area (Å²) in [6, 6.07) is 4.28. The number of aliphatic hydroxyl groups is 1. The zero-order chi connectivity index (χ0) is 11.8. The van der Waals surface area contributed by atoms with E-state index < -0.39 is 0 Å². The maximum absolute atomic E-state index is 9.01. The fourth-order valence-corrected chi connectivity index (χ4v) is 3.25. The summed E-state index contributed by atoms with van der Waals surface area (Å²) in [5, 5.41) is 10.0. The topological polar surface area (TPSA) is 33.1 Å². The maximum Gasteiger partial charge on any atom is 0.133 e. The first kappa shape index (κ1) is 11.8. The molecule has 0 aliphatic carbocycles. The predicted octanol–water partition coefficient (Wildman–Crippen LogP) is 3.66. The van der Waals surface area contributed by atoms with E-state index in [1.807, 2.05) is 0 Å². The van der Waals surface area contributed by atoms with Gasteiger partial charge in [-0.05, 0) is 17.5 Å². The Hall–Kier alpha value is -0.710. The summed E-state index contributed by atoms with van der Waals surface area (Å²) in [5.41, 5.74) is 0.194. The highest BCUT2D eigenvalue weighted by Crippen LogP contribution is 2.36. The van der Waals surface area contributed by atoms with E-state index in [9.17, 15) is 0 Å². The molecule has 1 N–H and O–H groups in total. The van der Waals surface area contributed by atoms with Crippen LogP contribution in [0.25, 0.3) is 9.88 Å². The molecule has 0 unspecified atom stereocenters. The molecule has 0 aromatic carbocycles. The fourth-order valence-electron chi connectivity index (χ4n) is 1.35. The van der Waals surface area contributed by atoms with Gasteiger partial charge in [-0.1, -0.05) is 20.8 Å². The molecule has 0 amide bonds. The second-order valence-corrected chi connectivity index (χ2v) is 6.90. The molecular formula is C12H15NOS2. The molecule has 2 aromatic heterocycles. The van der Waals surface area contributed by atoms with Crippen molar-refractivity contribution in [3.63, 3.8) is 0 Å². The van der Waals surface area contributed by atoms with E-state index in [-0.39, 0.29) is 12.0 Å². The van der Waals surface area contributed by atoms with Gasteiger partial charge in [-0.15, -0.1) is 22.7 Å². The first-order chi connectivity index (χ1) is 7.50. The van der Waals surface area contributed by atoms with E-state index in [1.165, 1.54) is 9.75 Å². The molecule has 2 rings (SSSR count). The molecule has 2 aromatic rings. The minimum absolute atomic E-state index is 0.0785. The van der Waals surface area contributed by atoms with Crippen molar-refractivity contribution in [2.75, 3.05) is 0 Å². The maximum atomic E-state index is 9.01. The lowest BCUT2D eigenvalue weighted by Gasteiger charge is -2.15. The predicted molar refractivity (Wildman–Crippen MR) is 70.0 cm³/mol. The minimum atomic E-state index is 0.0785. The molecule has 0 saturated heterocycles. The molecule has 0 aliphatic heterocycles. The Labute approximate surface area is 104 Å². The Bertz CT molecular complexity index is 479. The number of hydrogen-bond donors (Lipinski definition) is 1. The van der Waals surface area contributed by atoms with Gasteiger partial charge in [0.05, 0.1) is 16.4 Å². The van der Waals surface area contributed by atoms with Crippen LogP contribution < -0.4 is 0 Å². The number of thiophene rings is 1. The van der Waals surface area contributed by atoms with Gasteiger partial charge in [-0.3, -0.25) is 0 Å². The van der Waals surface area contributed by atoms with E-state index in [0.717, 1.165) is 9.88 Å². The molecule has 86 valence electrons. The van der Waals surface area contributed by atoms with Gasteiger partial charge >= 0.3 is 0 Å². The molecule has 0 atom stereocenters. The summed E-state index contributed by atoms with van der Waals surface area (Å²) in [6.45, 7) is 6.71. The standard InChI is InChI=1S/C12H15NOS2/c1-12(2,3)10-5-4-9(16-10)11-13-6-8(7-14)15-11/h4-6,14H,7H2,1-3H3. The summed E-state index contributed by atoms with van der Waals surface area (Å²) in [4.78, 5) is 7.79. The Morgan fingerprint density at radius 3 is 2.50 bits per heavy atom. The smallest absolute Gasteiger partial charge is 0.133 e. The third kappa shape index (κ3) is 2.34. The lowest BCUT2D eigenvalue weighted by atomic mass is 9.95. The molecule has 0 saturated carbocycles. The van der Waals surface area contributed by atoms with E-state index in [4.69, 9.17) is 5.11 Å². The minimum Gasteiger partial charge on any atom is -0.391 e. The highest BCUT2D eigenvalue weighted by molar-refractivity contribution is 7.21. The van der Waals surface area contributed by atoms with Crippen molar-refractivity contribution in [2.45, 2.75) is 32.8 Å². The Kier molecular flexibility index (Phi) is 3.15. The van der Waals surface area contributed by atoms with Crippen molar-refractivity contribution in [3.8, 4) is 9.88 Å². The number of aliphatic hydroxyl groups excluding tert-OH is 1. The van der Waals surface area contributed by atoms with Gasteiger partial charge in [0.2, 0.25) is 0 Å². The lowest BCUT2D eigenvalue weighted by Crippen LogP contribution is -2.07. The van der Waals surface area contributed by atoms with Crippen LogP contribution in [0.3, 0.4) is 0 Å². The second-order valence-electron chi connectivity index (χ2n) is 4.70. The normalized spacial score (nSPS) is 12.0. The quantitative estimate of drug-likeness (QED) is 0.886. The summed E-state index contributed by atoms with van der Waals surface area (Å²) in [6.07, 6.45) is 1.75. The highest BCUT2D eigenvalue weighted by Gasteiger charge is 2.17. The summed E-state index contributed by atoms with van der Waals surface area (Å²) in [5.74, 6) is 0. The fraction of sp³-hybridized carbons (Fsp3) is 0.417. The third-order valence-corrected chi connectivity index (χ3v) is 4.93. The number of hydrogen-bond acceptors (Lipinski definition) is 4. The Morgan fingerprint density at radius 1 is 1.25 bits per heavy atom. The van der Waals surface area contributed by atoms with Crippen LogP contribution in [0.1, 0.15) is 30.5 Å². The van der Waals surface area contributed by atoms with E-state index in [2.05, 4.69) is 37.9 Å². The van der Waals surface area contributed by atoms with E-state index in [1.54, 1.807) is 28.9 Å². The van der Waals surface area contributed by atoms with Gasteiger partial charge in [0.25, 0.3) is 0 Å². The molecule has 2 heterocycles. The Morgan fingerprint density at radius 2 is 2.00 bits per heavy atom. The van der Waals surface area contributed by atoms with Crippen LogP contribution in [0, 0.1) is 0 Å². The zero-order valence-electron chi connectivity index (χ0n) is 9.65. The van der Waals surface area contributed by atoms with Crippen molar-refractivity contribution in [2.24, 2.45) is 0 Å². The average Bonchev–Trinajstić information content (AvgIpc) is 2.85. The number of aromatic nitrogens is 1. The molecule has 0 bridgehead atoms. The van der Waals surface area contributed by atoms with Crippen molar-refractivity contribution in [3.05, 3.63) is 28.1 Å². The molecular weight excluding hydrogens is 238 g/mol.